The summed E-state index contributed by atoms with van der Waals surface area (Å²) in [6.07, 6.45) is 0.249. The first-order chi connectivity index (χ1) is 10.4. The molecule has 0 aromatic heterocycles. The van der Waals surface area contributed by atoms with Crippen molar-refractivity contribution >= 4 is 15.9 Å². The standard InChI is InChI=1S/C15H22N2O4S/c1-2-21-10-13-5-3-12(4-6-13)8-17-9-14(7-15(17)18)11-22(16,19)20/h3-6,14H,2,7-11H2,1H3,(H2,16,19,20). The van der Waals surface area contributed by atoms with Crippen molar-refractivity contribution in [2.24, 2.45) is 11.1 Å². The number of amides is 1. The molecule has 1 amide bonds. The molecule has 2 N–H and O–H groups in total. The van der Waals surface area contributed by atoms with Gasteiger partial charge in [-0.1, -0.05) is 24.3 Å². The average molecular weight is 326 g/mol. The average Bonchev–Trinajstić information content (AvgIpc) is 2.75. The summed E-state index contributed by atoms with van der Waals surface area (Å²) in [5, 5.41) is 5.05. The van der Waals surface area contributed by atoms with Crippen molar-refractivity contribution in [1.29, 1.82) is 0 Å². The zero-order valence-electron chi connectivity index (χ0n) is 12.7. The number of sulfonamides is 1. The minimum atomic E-state index is -3.53. The molecule has 1 fully saturated rings. The summed E-state index contributed by atoms with van der Waals surface area (Å²) in [5.41, 5.74) is 2.11. The van der Waals surface area contributed by atoms with E-state index in [9.17, 15) is 13.2 Å². The number of nitrogens with two attached hydrogens (primary N) is 1. The lowest BCUT2D eigenvalue weighted by Gasteiger charge is -2.17. The first-order valence-electron chi connectivity index (χ1n) is 7.31. The fourth-order valence-corrected chi connectivity index (χ4v) is 3.51. The minimum absolute atomic E-state index is 0.0213. The number of primary sulfonamides is 1. The quantitative estimate of drug-likeness (QED) is 0.805. The summed E-state index contributed by atoms with van der Waals surface area (Å²) >= 11 is 0. The summed E-state index contributed by atoms with van der Waals surface area (Å²) in [4.78, 5) is 13.6. The van der Waals surface area contributed by atoms with E-state index in [1.165, 1.54) is 0 Å². The second kappa shape index (κ2) is 7.21. The van der Waals surface area contributed by atoms with Crippen molar-refractivity contribution in [3.8, 4) is 0 Å². The van der Waals surface area contributed by atoms with Crippen LogP contribution in [-0.2, 0) is 32.7 Å². The predicted octanol–water partition coefficient (Wildman–Crippen LogP) is 0.860. The number of ether oxygens (including phenoxy) is 1. The third kappa shape index (κ3) is 5.08. The van der Waals surface area contributed by atoms with Gasteiger partial charge in [0.15, 0.2) is 0 Å². The van der Waals surface area contributed by atoms with Gasteiger partial charge in [0.1, 0.15) is 0 Å². The summed E-state index contributed by atoms with van der Waals surface area (Å²) in [6, 6.07) is 7.89. The van der Waals surface area contributed by atoms with Crippen LogP contribution in [0.15, 0.2) is 24.3 Å². The fraction of sp³-hybridized carbons (Fsp3) is 0.533. The molecule has 7 heteroatoms. The molecule has 0 bridgehead atoms. The Kier molecular flexibility index (Phi) is 5.55. The lowest BCUT2D eigenvalue weighted by atomic mass is 10.1. The van der Waals surface area contributed by atoms with Gasteiger partial charge < -0.3 is 9.64 Å². The maximum atomic E-state index is 12.0. The second-order valence-corrected chi connectivity index (χ2v) is 7.29. The van der Waals surface area contributed by atoms with Crippen molar-refractivity contribution in [2.75, 3.05) is 18.9 Å². The van der Waals surface area contributed by atoms with E-state index in [0.717, 1.165) is 11.1 Å². The zero-order chi connectivity index (χ0) is 16.2. The van der Waals surface area contributed by atoms with Gasteiger partial charge in [0.2, 0.25) is 15.9 Å². The number of hydrogen-bond donors (Lipinski definition) is 1. The van der Waals surface area contributed by atoms with Gasteiger partial charge in [0.25, 0.3) is 0 Å². The molecule has 0 spiro atoms. The van der Waals surface area contributed by atoms with Gasteiger partial charge in [0, 0.05) is 32.0 Å². The molecule has 0 saturated carbocycles. The molecule has 1 atom stereocenters. The number of nitrogens with zero attached hydrogens (tertiary/aromatic N) is 1. The summed E-state index contributed by atoms with van der Waals surface area (Å²) in [5.74, 6) is -0.366. The van der Waals surface area contributed by atoms with Crippen LogP contribution < -0.4 is 5.14 Å². The maximum Gasteiger partial charge on any atom is 0.223 e. The highest BCUT2D eigenvalue weighted by atomic mass is 32.2. The second-order valence-electron chi connectivity index (χ2n) is 5.63. The van der Waals surface area contributed by atoms with Crippen molar-refractivity contribution in [3.63, 3.8) is 0 Å². The molecule has 2 rings (SSSR count). The highest BCUT2D eigenvalue weighted by Crippen LogP contribution is 2.21. The molecule has 1 aliphatic rings. The first-order valence-corrected chi connectivity index (χ1v) is 9.02. The molecule has 1 unspecified atom stereocenters. The van der Waals surface area contributed by atoms with Crippen molar-refractivity contribution in [1.82, 2.24) is 4.90 Å². The normalized spacial score (nSPS) is 18.9. The summed E-state index contributed by atoms with van der Waals surface area (Å²) in [6.45, 7) is 4.14. The van der Waals surface area contributed by atoms with Crippen LogP contribution in [0.2, 0.25) is 0 Å². The topological polar surface area (TPSA) is 89.7 Å². The SMILES string of the molecule is CCOCc1ccc(CN2CC(CS(N)(=O)=O)CC2=O)cc1. The summed E-state index contributed by atoms with van der Waals surface area (Å²) in [7, 11) is -3.53. The van der Waals surface area contributed by atoms with Crippen LogP contribution in [0.3, 0.4) is 0 Å². The van der Waals surface area contributed by atoms with Gasteiger partial charge in [-0.3, -0.25) is 4.79 Å². The Balaban J connectivity index is 1.92. The number of hydrogen-bond acceptors (Lipinski definition) is 4. The minimum Gasteiger partial charge on any atom is -0.377 e. The predicted molar refractivity (Wildman–Crippen MR) is 83.3 cm³/mol. The lowest BCUT2D eigenvalue weighted by molar-refractivity contribution is -0.128. The molecule has 0 radical (unpaired) electrons. The van der Waals surface area contributed by atoms with Gasteiger partial charge in [0.05, 0.1) is 12.4 Å². The van der Waals surface area contributed by atoms with Crippen LogP contribution >= 0.6 is 0 Å². The van der Waals surface area contributed by atoms with E-state index >= 15 is 0 Å². The molecule has 0 aliphatic carbocycles. The molecule has 1 aromatic carbocycles. The Morgan fingerprint density at radius 2 is 1.91 bits per heavy atom. The largest absolute Gasteiger partial charge is 0.377 e. The van der Waals surface area contributed by atoms with Crippen LogP contribution in [0.5, 0.6) is 0 Å². The summed E-state index contributed by atoms with van der Waals surface area (Å²) < 4.78 is 27.6. The Labute approximate surface area is 131 Å². The third-order valence-corrected chi connectivity index (χ3v) is 4.57. The van der Waals surface area contributed by atoms with E-state index in [2.05, 4.69) is 0 Å². The van der Waals surface area contributed by atoms with Crippen LogP contribution in [0.25, 0.3) is 0 Å². The molecule has 22 heavy (non-hydrogen) atoms. The van der Waals surface area contributed by atoms with Crippen molar-refractivity contribution in [2.45, 2.75) is 26.5 Å². The number of carbonyl (C=O) groups excluding carboxylic acids is 1. The fourth-order valence-electron chi connectivity index (χ4n) is 2.63. The number of benzene rings is 1. The van der Waals surface area contributed by atoms with E-state index in [1.807, 2.05) is 31.2 Å². The van der Waals surface area contributed by atoms with E-state index in [1.54, 1.807) is 4.90 Å². The first kappa shape index (κ1) is 16.9. The van der Waals surface area contributed by atoms with E-state index in [4.69, 9.17) is 9.88 Å². The monoisotopic (exact) mass is 326 g/mol. The van der Waals surface area contributed by atoms with Gasteiger partial charge >= 0.3 is 0 Å². The number of rotatable bonds is 7. The van der Waals surface area contributed by atoms with Crippen molar-refractivity contribution < 1.29 is 17.9 Å². The zero-order valence-corrected chi connectivity index (χ0v) is 13.5. The van der Waals surface area contributed by atoms with Crippen molar-refractivity contribution in [3.05, 3.63) is 35.4 Å². The smallest absolute Gasteiger partial charge is 0.223 e. The Bertz CT molecular complexity index is 613. The van der Waals surface area contributed by atoms with Crippen LogP contribution in [0, 0.1) is 5.92 Å². The molecule has 1 aromatic rings. The van der Waals surface area contributed by atoms with Gasteiger partial charge in [-0.25, -0.2) is 13.6 Å². The number of carbonyl (C=O) groups is 1. The van der Waals surface area contributed by atoms with E-state index in [0.29, 0.717) is 26.3 Å². The molecular weight excluding hydrogens is 304 g/mol. The lowest BCUT2D eigenvalue weighted by Crippen LogP contribution is -2.27. The van der Waals surface area contributed by atoms with E-state index < -0.39 is 10.0 Å². The highest BCUT2D eigenvalue weighted by molar-refractivity contribution is 7.89. The molecular formula is C15H22N2O4S. The Morgan fingerprint density at radius 3 is 2.50 bits per heavy atom. The Hall–Kier alpha value is -1.44. The van der Waals surface area contributed by atoms with Crippen LogP contribution in [-0.4, -0.2) is 38.1 Å². The maximum absolute atomic E-state index is 12.0. The van der Waals surface area contributed by atoms with Gasteiger partial charge in [-0.05, 0) is 18.1 Å². The molecule has 1 aliphatic heterocycles. The van der Waals surface area contributed by atoms with E-state index in [-0.39, 0.29) is 24.0 Å². The Morgan fingerprint density at radius 1 is 1.27 bits per heavy atom. The van der Waals surface area contributed by atoms with Crippen LogP contribution in [0.1, 0.15) is 24.5 Å². The van der Waals surface area contributed by atoms with Crippen LogP contribution in [0.4, 0.5) is 0 Å². The third-order valence-electron chi connectivity index (χ3n) is 3.63. The molecule has 1 saturated heterocycles. The van der Waals surface area contributed by atoms with Gasteiger partial charge in [-0.2, -0.15) is 0 Å². The molecule has 6 nitrogen and oxygen atoms in total. The number of likely N-dealkylation sites (tertiary alicyclic amines) is 1. The van der Waals surface area contributed by atoms with Gasteiger partial charge in [-0.15, -0.1) is 0 Å². The molecule has 122 valence electrons. The highest BCUT2D eigenvalue weighted by Gasteiger charge is 2.31. The molecule has 1 heterocycles.